The molecule has 0 amide bonds. The summed E-state index contributed by atoms with van der Waals surface area (Å²) < 4.78 is 0. The minimum absolute atomic E-state index is 0.441. The van der Waals surface area contributed by atoms with E-state index in [1.54, 1.807) is 0 Å². The Balaban J connectivity index is 1.76. The van der Waals surface area contributed by atoms with E-state index in [9.17, 15) is 9.90 Å². The van der Waals surface area contributed by atoms with Crippen molar-refractivity contribution in [2.24, 2.45) is 0 Å². The number of carbonyl (C=O) groups is 1. The molecule has 2 aliphatic rings. The molecule has 4 heteroatoms. The minimum atomic E-state index is -0.732. The smallest absolute Gasteiger partial charge is 0.323 e. The zero-order valence-electron chi connectivity index (χ0n) is 11.6. The SMILES string of the molecule is CC1CCCN1CCCC(C)(NC1CC1)C(=O)O. The summed E-state index contributed by atoms with van der Waals surface area (Å²) in [4.78, 5) is 13.9. The van der Waals surface area contributed by atoms with Gasteiger partial charge in [-0.25, -0.2) is 0 Å². The summed E-state index contributed by atoms with van der Waals surface area (Å²) in [5.41, 5.74) is -0.732. The van der Waals surface area contributed by atoms with Crippen molar-refractivity contribution in [2.75, 3.05) is 13.1 Å². The van der Waals surface area contributed by atoms with Gasteiger partial charge in [-0.1, -0.05) is 0 Å². The molecular weight excluding hydrogens is 228 g/mol. The van der Waals surface area contributed by atoms with Gasteiger partial charge < -0.3 is 10.0 Å². The van der Waals surface area contributed by atoms with Crippen molar-refractivity contribution in [3.05, 3.63) is 0 Å². The first kappa shape index (κ1) is 13.8. The molecule has 4 nitrogen and oxygen atoms in total. The number of hydrogen-bond donors (Lipinski definition) is 2. The lowest BCUT2D eigenvalue weighted by Gasteiger charge is -2.28. The van der Waals surface area contributed by atoms with Crippen LogP contribution in [0.4, 0.5) is 0 Å². The van der Waals surface area contributed by atoms with Crippen molar-refractivity contribution in [3.8, 4) is 0 Å². The second kappa shape index (κ2) is 5.57. The number of carboxylic acids is 1. The molecule has 104 valence electrons. The molecule has 2 N–H and O–H groups in total. The van der Waals surface area contributed by atoms with Crippen LogP contribution in [0.2, 0.25) is 0 Å². The minimum Gasteiger partial charge on any atom is -0.480 e. The van der Waals surface area contributed by atoms with Crippen LogP contribution in [0.1, 0.15) is 52.4 Å². The molecule has 18 heavy (non-hydrogen) atoms. The van der Waals surface area contributed by atoms with Crippen LogP contribution < -0.4 is 5.32 Å². The first-order valence-electron chi connectivity index (χ1n) is 7.26. The molecule has 0 aromatic rings. The highest BCUT2D eigenvalue weighted by molar-refractivity contribution is 5.78. The van der Waals surface area contributed by atoms with E-state index in [1.165, 1.54) is 19.4 Å². The predicted octanol–water partition coefficient (Wildman–Crippen LogP) is 1.85. The lowest BCUT2D eigenvalue weighted by atomic mass is 9.95. The summed E-state index contributed by atoms with van der Waals surface area (Å²) in [6.45, 7) is 6.32. The zero-order chi connectivity index (χ0) is 13.2. The van der Waals surface area contributed by atoms with Gasteiger partial charge in [0.1, 0.15) is 5.54 Å². The van der Waals surface area contributed by atoms with Crippen molar-refractivity contribution in [3.63, 3.8) is 0 Å². The zero-order valence-corrected chi connectivity index (χ0v) is 11.6. The second-order valence-electron chi connectivity index (χ2n) is 6.19. The lowest BCUT2D eigenvalue weighted by Crippen LogP contribution is -2.50. The Morgan fingerprint density at radius 3 is 2.67 bits per heavy atom. The van der Waals surface area contributed by atoms with E-state index in [0.29, 0.717) is 12.1 Å². The Labute approximate surface area is 110 Å². The van der Waals surface area contributed by atoms with Crippen LogP contribution in [-0.4, -0.2) is 46.7 Å². The van der Waals surface area contributed by atoms with Gasteiger partial charge in [0.05, 0.1) is 0 Å². The topological polar surface area (TPSA) is 52.6 Å². The number of aliphatic carboxylic acids is 1. The monoisotopic (exact) mass is 254 g/mol. The number of rotatable bonds is 7. The molecule has 1 aliphatic carbocycles. The van der Waals surface area contributed by atoms with E-state index in [-0.39, 0.29) is 0 Å². The molecule has 0 aromatic carbocycles. The fourth-order valence-corrected chi connectivity index (χ4v) is 2.88. The number of nitrogens with one attached hydrogen (secondary N) is 1. The van der Waals surface area contributed by atoms with Gasteiger partial charge in [-0.2, -0.15) is 0 Å². The van der Waals surface area contributed by atoms with Crippen molar-refractivity contribution in [1.29, 1.82) is 0 Å². The summed E-state index contributed by atoms with van der Waals surface area (Å²) in [6, 6.07) is 1.12. The molecule has 0 radical (unpaired) electrons. The average Bonchev–Trinajstić information content (AvgIpc) is 3.02. The molecule has 2 unspecified atom stereocenters. The van der Waals surface area contributed by atoms with Crippen LogP contribution in [-0.2, 0) is 4.79 Å². The molecule has 1 saturated heterocycles. The predicted molar refractivity (Wildman–Crippen MR) is 71.7 cm³/mol. The normalized spacial score (nSPS) is 28.2. The van der Waals surface area contributed by atoms with Gasteiger partial charge in [-0.05, 0) is 65.5 Å². The van der Waals surface area contributed by atoms with Gasteiger partial charge in [-0.15, -0.1) is 0 Å². The fraction of sp³-hybridized carbons (Fsp3) is 0.929. The van der Waals surface area contributed by atoms with E-state index < -0.39 is 11.5 Å². The Hall–Kier alpha value is -0.610. The van der Waals surface area contributed by atoms with Crippen LogP contribution in [0.5, 0.6) is 0 Å². The molecule has 2 atom stereocenters. The summed E-state index contributed by atoms with van der Waals surface area (Å²) in [7, 11) is 0. The highest BCUT2D eigenvalue weighted by Crippen LogP contribution is 2.25. The standard InChI is InChI=1S/C14H26N2O2/c1-11-5-3-9-16(11)10-4-8-14(2,13(17)18)15-12-6-7-12/h11-12,15H,3-10H2,1-2H3,(H,17,18). The molecule has 0 spiro atoms. The number of hydrogen-bond acceptors (Lipinski definition) is 3. The van der Waals surface area contributed by atoms with Gasteiger partial charge >= 0.3 is 5.97 Å². The van der Waals surface area contributed by atoms with E-state index in [2.05, 4.69) is 17.1 Å². The second-order valence-corrected chi connectivity index (χ2v) is 6.19. The molecular formula is C14H26N2O2. The van der Waals surface area contributed by atoms with Crippen molar-refractivity contribution in [2.45, 2.75) is 70.0 Å². The van der Waals surface area contributed by atoms with E-state index >= 15 is 0 Å². The molecule has 2 rings (SSSR count). The van der Waals surface area contributed by atoms with Crippen molar-refractivity contribution < 1.29 is 9.90 Å². The Morgan fingerprint density at radius 2 is 2.17 bits per heavy atom. The van der Waals surface area contributed by atoms with E-state index in [1.807, 2.05) is 6.92 Å². The van der Waals surface area contributed by atoms with Crippen LogP contribution >= 0.6 is 0 Å². The van der Waals surface area contributed by atoms with Crippen molar-refractivity contribution in [1.82, 2.24) is 10.2 Å². The van der Waals surface area contributed by atoms with Gasteiger partial charge in [0.2, 0.25) is 0 Å². The molecule has 0 bridgehead atoms. The highest BCUT2D eigenvalue weighted by atomic mass is 16.4. The third kappa shape index (κ3) is 3.45. The lowest BCUT2D eigenvalue weighted by molar-refractivity contribution is -0.144. The summed E-state index contributed by atoms with van der Waals surface area (Å²) in [5, 5.41) is 12.7. The third-order valence-electron chi connectivity index (χ3n) is 4.38. The van der Waals surface area contributed by atoms with Gasteiger partial charge in [0.25, 0.3) is 0 Å². The molecule has 1 aliphatic heterocycles. The highest BCUT2D eigenvalue weighted by Gasteiger charge is 2.38. The summed E-state index contributed by atoms with van der Waals surface area (Å²) >= 11 is 0. The molecule has 1 saturated carbocycles. The van der Waals surface area contributed by atoms with E-state index in [0.717, 1.165) is 32.2 Å². The first-order valence-corrected chi connectivity index (χ1v) is 7.26. The fourth-order valence-electron chi connectivity index (χ4n) is 2.88. The van der Waals surface area contributed by atoms with Gasteiger partial charge in [0.15, 0.2) is 0 Å². The average molecular weight is 254 g/mol. The first-order chi connectivity index (χ1) is 8.51. The molecule has 0 aromatic heterocycles. The van der Waals surface area contributed by atoms with Crippen LogP contribution in [0.25, 0.3) is 0 Å². The maximum atomic E-state index is 11.4. The van der Waals surface area contributed by atoms with Crippen LogP contribution in [0.15, 0.2) is 0 Å². The van der Waals surface area contributed by atoms with Crippen LogP contribution in [0, 0.1) is 0 Å². The van der Waals surface area contributed by atoms with Gasteiger partial charge in [0, 0.05) is 12.1 Å². The van der Waals surface area contributed by atoms with Crippen molar-refractivity contribution >= 4 is 5.97 Å². The van der Waals surface area contributed by atoms with Gasteiger partial charge in [-0.3, -0.25) is 10.1 Å². The Morgan fingerprint density at radius 1 is 1.44 bits per heavy atom. The largest absolute Gasteiger partial charge is 0.480 e. The number of likely N-dealkylation sites (tertiary alicyclic amines) is 1. The number of carboxylic acid groups (broad SMARTS) is 1. The maximum absolute atomic E-state index is 11.4. The Bertz CT molecular complexity index is 304. The summed E-state index contributed by atoms with van der Waals surface area (Å²) in [5.74, 6) is -0.705. The maximum Gasteiger partial charge on any atom is 0.323 e. The van der Waals surface area contributed by atoms with Crippen LogP contribution in [0.3, 0.4) is 0 Å². The number of nitrogens with zero attached hydrogens (tertiary/aromatic N) is 1. The third-order valence-corrected chi connectivity index (χ3v) is 4.38. The Kier molecular flexibility index (Phi) is 4.28. The quantitative estimate of drug-likeness (QED) is 0.728. The molecule has 2 fully saturated rings. The molecule has 1 heterocycles. The summed E-state index contributed by atoms with van der Waals surface area (Å²) in [6.07, 6.45) is 6.53. The van der Waals surface area contributed by atoms with E-state index in [4.69, 9.17) is 0 Å².